The molecule has 17 heavy (non-hydrogen) atoms. The summed E-state index contributed by atoms with van der Waals surface area (Å²) in [5.41, 5.74) is 0. The monoisotopic (exact) mass is 252 g/mol. The Balaban J connectivity index is 2.02. The average molecular weight is 252 g/mol. The highest BCUT2D eigenvalue weighted by molar-refractivity contribution is 4.69. The van der Waals surface area contributed by atoms with Gasteiger partial charge >= 0.3 is 6.18 Å². The van der Waals surface area contributed by atoms with E-state index >= 15 is 0 Å². The van der Waals surface area contributed by atoms with Crippen LogP contribution in [0.2, 0.25) is 0 Å². The number of likely N-dealkylation sites (N-methyl/N-ethyl adjacent to an activating group) is 1. The molecule has 0 aromatic heterocycles. The van der Waals surface area contributed by atoms with Gasteiger partial charge in [-0.3, -0.25) is 0 Å². The molecule has 0 atom stereocenters. The van der Waals surface area contributed by atoms with Crippen LogP contribution in [0.1, 0.15) is 32.1 Å². The van der Waals surface area contributed by atoms with E-state index < -0.39 is 12.7 Å². The van der Waals surface area contributed by atoms with Crippen LogP contribution >= 0.6 is 0 Å². The first kappa shape index (κ1) is 14.8. The van der Waals surface area contributed by atoms with Crippen molar-refractivity contribution in [1.82, 2.24) is 10.2 Å². The van der Waals surface area contributed by atoms with E-state index in [1.54, 1.807) is 0 Å². The van der Waals surface area contributed by atoms with Crippen molar-refractivity contribution in [2.75, 3.05) is 33.2 Å². The fourth-order valence-electron chi connectivity index (χ4n) is 2.40. The van der Waals surface area contributed by atoms with Gasteiger partial charge in [-0.25, -0.2) is 0 Å². The highest BCUT2D eigenvalue weighted by Crippen LogP contribution is 2.23. The summed E-state index contributed by atoms with van der Waals surface area (Å²) >= 11 is 0. The van der Waals surface area contributed by atoms with Gasteiger partial charge in [-0.15, -0.1) is 0 Å². The quantitative estimate of drug-likeness (QED) is 0.731. The van der Waals surface area contributed by atoms with Gasteiger partial charge in [0.25, 0.3) is 0 Å². The van der Waals surface area contributed by atoms with E-state index in [0.717, 1.165) is 12.5 Å². The Morgan fingerprint density at radius 2 is 1.82 bits per heavy atom. The zero-order valence-electron chi connectivity index (χ0n) is 10.5. The van der Waals surface area contributed by atoms with Gasteiger partial charge in [0.1, 0.15) is 0 Å². The van der Waals surface area contributed by atoms with Gasteiger partial charge in [-0.2, -0.15) is 13.2 Å². The molecule has 0 bridgehead atoms. The first-order valence-corrected chi connectivity index (χ1v) is 6.43. The molecule has 1 N–H and O–H groups in total. The molecule has 0 aliphatic heterocycles. The molecule has 0 unspecified atom stereocenters. The molecule has 0 heterocycles. The minimum Gasteiger partial charge on any atom is -0.307 e. The predicted molar refractivity (Wildman–Crippen MR) is 63.0 cm³/mol. The second kappa shape index (κ2) is 7.21. The van der Waals surface area contributed by atoms with Crippen LogP contribution in [0.25, 0.3) is 0 Å². The second-order valence-corrected chi connectivity index (χ2v) is 5.06. The van der Waals surface area contributed by atoms with Crippen molar-refractivity contribution in [3.05, 3.63) is 0 Å². The van der Waals surface area contributed by atoms with Gasteiger partial charge in [0.15, 0.2) is 0 Å². The molecular formula is C12H23F3N2. The fraction of sp³-hybridized carbons (Fsp3) is 1.00. The van der Waals surface area contributed by atoms with E-state index in [9.17, 15) is 13.2 Å². The van der Waals surface area contributed by atoms with Gasteiger partial charge in [0, 0.05) is 19.6 Å². The summed E-state index contributed by atoms with van der Waals surface area (Å²) in [6, 6.07) is 0. The third-order valence-electron chi connectivity index (χ3n) is 3.29. The summed E-state index contributed by atoms with van der Waals surface area (Å²) in [5, 5.41) is 2.43. The number of rotatable bonds is 6. The van der Waals surface area contributed by atoms with Crippen molar-refractivity contribution in [2.24, 2.45) is 5.92 Å². The highest BCUT2D eigenvalue weighted by atomic mass is 19.4. The second-order valence-electron chi connectivity index (χ2n) is 5.06. The third-order valence-corrected chi connectivity index (χ3v) is 3.29. The number of alkyl halides is 3. The Kier molecular flexibility index (Phi) is 6.27. The Labute approximate surface area is 102 Å². The number of hydrogen-bond acceptors (Lipinski definition) is 2. The first-order valence-electron chi connectivity index (χ1n) is 6.43. The Morgan fingerprint density at radius 1 is 1.18 bits per heavy atom. The molecule has 102 valence electrons. The van der Waals surface area contributed by atoms with Crippen LogP contribution in [0, 0.1) is 5.92 Å². The number of hydrogen-bond donors (Lipinski definition) is 1. The van der Waals surface area contributed by atoms with Gasteiger partial charge < -0.3 is 10.2 Å². The van der Waals surface area contributed by atoms with Crippen molar-refractivity contribution >= 4 is 0 Å². The normalized spacial score (nSPS) is 18.9. The van der Waals surface area contributed by atoms with E-state index in [-0.39, 0.29) is 0 Å². The summed E-state index contributed by atoms with van der Waals surface area (Å²) in [4.78, 5) is 2.14. The fourth-order valence-corrected chi connectivity index (χ4v) is 2.40. The summed E-state index contributed by atoms with van der Waals surface area (Å²) < 4.78 is 35.6. The van der Waals surface area contributed by atoms with Crippen LogP contribution in [-0.4, -0.2) is 44.3 Å². The smallest absolute Gasteiger partial charge is 0.307 e. The lowest BCUT2D eigenvalue weighted by molar-refractivity contribution is -0.124. The number of halogens is 3. The third kappa shape index (κ3) is 7.60. The van der Waals surface area contributed by atoms with Gasteiger partial charge in [-0.05, 0) is 25.8 Å². The van der Waals surface area contributed by atoms with E-state index in [1.807, 2.05) is 7.05 Å². The topological polar surface area (TPSA) is 15.3 Å². The molecule has 1 fully saturated rings. The van der Waals surface area contributed by atoms with Crippen molar-refractivity contribution in [3.8, 4) is 0 Å². The minimum atomic E-state index is -4.10. The summed E-state index contributed by atoms with van der Waals surface area (Å²) in [6.45, 7) is 1.23. The maximum Gasteiger partial charge on any atom is 0.401 e. The zero-order chi connectivity index (χ0) is 12.7. The standard InChI is InChI=1S/C12H23F3N2/c1-17(8-7-16-10-12(13,14)15)9-11-5-3-2-4-6-11/h11,16H,2-10H2,1H3. The van der Waals surface area contributed by atoms with Gasteiger partial charge in [0.05, 0.1) is 6.54 Å². The van der Waals surface area contributed by atoms with Gasteiger partial charge in [-0.1, -0.05) is 19.3 Å². The van der Waals surface area contributed by atoms with Crippen LogP contribution < -0.4 is 5.32 Å². The van der Waals surface area contributed by atoms with Crippen LogP contribution in [0.5, 0.6) is 0 Å². The number of nitrogens with zero attached hydrogens (tertiary/aromatic N) is 1. The molecule has 2 nitrogen and oxygen atoms in total. The highest BCUT2D eigenvalue weighted by Gasteiger charge is 2.26. The van der Waals surface area contributed by atoms with Crippen LogP contribution in [-0.2, 0) is 0 Å². The minimum absolute atomic E-state index is 0.405. The molecule has 0 spiro atoms. The SMILES string of the molecule is CN(CCNCC(F)(F)F)CC1CCCCC1. The molecule has 1 aliphatic rings. The van der Waals surface area contributed by atoms with Crippen molar-refractivity contribution in [3.63, 3.8) is 0 Å². The lowest BCUT2D eigenvalue weighted by atomic mass is 9.89. The van der Waals surface area contributed by atoms with E-state index in [1.165, 1.54) is 32.1 Å². The maximum atomic E-state index is 11.9. The average Bonchev–Trinajstić information content (AvgIpc) is 2.25. The summed E-state index contributed by atoms with van der Waals surface area (Å²) in [5.74, 6) is 0.747. The largest absolute Gasteiger partial charge is 0.401 e. The van der Waals surface area contributed by atoms with E-state index in [0.29, 0.717) is 13.1 Å². The molecule has 0 aromatic rings. The van der Waals surface area contributed by atoms with E-state index in [4.69, 9.17) is 0 Å². The lowest BCUT2D eigenvalue weighted by Crippen LogP contribution is -2.36. The van der Waals surface area contributed by atoms with E-state index in [2.05, 4.69) is 10.2 Å². The molecule has 5 heteroatoms. The van der Waals surface area contributed by atoms with Crippen LogP contribution in [0.4, 0.5) is 13.2 Å². The van der Waals surface area contributed by atoms with Crippen molar-refractivity contribution < 1.29 is 13.2 Å². The zero-order valence-corrected chi connectivity index (χ0v) is 10.5. The molecule has 1 aliphatic carbocycles. The van der Waals surface area contributed by atoms with Crippen molar-refractivity contribution in [1.29, 1.82) is 0 Å². The molecule has 1 rings (SSSR count). The van der Waals surface area contributed by atoms with Gasteiger partial charge in [0.2, 0.25) is 0 Å². The Morgan fingerprint density at radius 3 is 2.41 bits per heavy atom. The number of nitrogens with one attached hydrogen (secondary N) is 1. The maximum absolute atomic E-state index is 11.9. The predicted octanol–water partition coefficient (Wildman–Crippen LogP) is 2.65. The summed E-state index contributed by atoms with van der Waals surface area (Å²) in [7, 11) is 1.99. The van der Waals surface area contributed by atoms with Crippen molar-refractivity contribution in [2.45, 2.75) is 38.3 Å². The Hall–Kier alpha value is -0.290. The van der Waals surface area contributed by atoms with Crippen LogP contribution in [0.3, 0.4) is 0 Å². The lowest BCUT2D eigenvalue weighted by Gasteiger charge is -2.27. The summed E-state index contributed by atoms with van der Waals surface area (Å²) in [6.07, 6.45) is 2.42. The van der Waals surface area contributed by atoms with Crippen LogP contribution in [0.15, 0.2) is 0 Å². The molecule has 0 saturated heterocycles. The molecule has 1 saturated carbocycles. The Bertz CT molecular complexity index is 200. The first-order chi connectivity index (χ1) is 7.97. The molecule has 0 amide bonds. The molecule has 0 aromatic carbocycles. The molecular weight excluding hydrogens is 229 g/mol. The molecule has 0 radical (unpaired) electrons.